The van der Waals surface area contributed by atoms with Crippen molar-refractivity contribution in [2.75, 3.05) is 7.11 Å². The lowest BCUT2D eigenvalue weighted by Gasteiger charge is -2.03. The highest BCUT2D eigenvalue weighted by molar-refractivity contribution is 6.00. The van der Waals surface area contributed by atoms with Gasteiger partial charge in [-0.05, 0) is 24.1 Å². The van der Waals surface area contributed by atoms with E-state index in [-0.39, 0.29) is 5.69 Å². The van der Waals surface area contributed by atoms with Crippen LogP contribution in [-0.2, 0) is 6.42 Å². The van der Waals surface area contributed by atoms with E-state index in [0.717, 1.165) is 10.9 Å². The first kappa shape index (κ1) is 11.3. The number of allylic oxidation sites excluding steroid dienone is 1. The molecule has 0 unspecified atom stereocenters. The average molecular weight is 231 g/mol. The van der Waals surface area contributed by atoms with Crippen molar-refractivity contribution < 1.29 is 14.6 Å². The summed E-state index contributed by atoms with van der Waals surface area (Å²) < 4.78 is 5.26. The molecule has 0 aliphatic rings. The molecule has 4 heteroatoms. The van der Waals surface area contributed by atoms with Gasteiger partial charge in [0, 0.05) is 5.39 Å². The van der Waals surface area contributed by atoms with Crippen molar-refractivity contribution in [1.82, 2.24) is 4.98 Å². The molecule has 0 saturated carbocycles. The molecule has 1 aromatic carbocycles. The van der Waals surface area contributed by atoms with Gasteiger partial charge >= 0.3 is 5.97 Å². The Morgan fingerprint density at radius 1 is 1.59 bits per heavy atom. The van der Waals surface area contributed by atoms with E-state index < -0.39 is 5.97 Å². The number of ether oxygens (including phenoxy) is 1. The quantitative estimate of drug-likeness (QED) is 0.795. The molecule has 0 aliphatic heterocycles. The second-order valence-electron chi connectivity index (χ2n) is 3.66. The van der Waals surface area contributed by atoms with Crippen LogP contribution in [0.5, 0.6) is 5.75 Å². The number of benzene rings is 1. The summed E-state index contributed by atoms with van der Waals surface area (Å²) in [5, 5.41) is 9.96. The molecule has 0 radical (unpaired) electrons. The molecule has 4 nitrogen and oxygen atoms in total. The van der Waals surface area contributed by atoms with Gasteiger partial charge in [0.05, 0.1) is 12.6 Å². The SMILES string of the molecule is C=CCc1c(C(=O)O)[nH]c2cccc(OC)c12. The van der Waals surface area contributed by atoms with Crippen LogP contribution in [0.3, 0.4) is 0 Å². The van der Waals surface area contributed by atoms with Gasteiger partial charge in [-0.1, -0.05) is 12.1 Å². The van der Waals surface area contributed by atoms with E-state index in [9.17, 15) is 4.79 Å². The van der Waals surface area contributed by atoms with E-state index in [1.54, 1.807) is 13.2 Å². The van der Waals surface area contributed by atoms with Gasteiger partial charge in [-0.3, -0.25) is 0 Å². The summed E-state index contributed by atoms with van der Waals surface area (Å²) >= 11 is 0. The number of methoxy groups -OCH3 is 1. The molecular formula is C13H13NO3. The largest absolute Gasteiger partial charge is 0.496 e. The van der Waals surface area contributed by atoms with E-state index in [4.69, 9.17) is 9.84 Å². The molecule has 0 spiro atoms. The van der Waals surface area contributed by atoms with Crippen molar-refractivity contribution in [3.63, 3.8) is 0 Å². The summed E-state index contributed by atoms with van der Waals surface area (Å²) in [4.78, 5) is 14.1. The highest BCUT2D eigenvalue weighted by Gasteiger charge is 2.18. The van der Waals surface area contributed by atoms with Crippen LogP contribution >= 0.6 is 0 Å². The van der Waals surface area contributed by atoms with Crippen molar-refractivity contribution in [3.05, 3.63) is 42.1 Å². The van der Waals surface area contributed by atoms with E-state index in [0.29, 0.717) is 17.7 Å². The van der Waals surface area contributed by atoms with E-state index >= 15 is 0 Å². The molecule has 1 heterocycles. The zero-order chi connectivity index (χ0) is 12.4. The van der Waals surface area contributed by atoms with Crippen LogP contribution < -0.4 is 4.74 Å². The van der Waals surface area contributed by atoms with Crippen LogP contribution in [-0.4, -0.2) is 23.2 Å². The number of carbonyl (C=O) groups is 1. The molecule has 2 rings (SSSR count). The zero-order valence-corrected chi connectivity index (χ0v) is 9.49. The Balaban J connectivity index is 2.81. The van der Waals surface area contributed by atoms with Crippen LogP contribution in [0.15, 0.2) is 30.9 Å². The molecule has 0 bridgehead atoms. The molecule has 0 atom stereocenters. The van der Waals surface area contributed by atoms with Gasteiger partial charge in [0.2, 0.25) is 0 Å². The number of carboxylic acid groups (broad SMARTS) is 1. The number of H-pyrrole nitrogens is 1. The maximum absolute atomic E-state index is 11.2. The number of hydrogen-bond acceptors (Lipinski definition) is 2. The van der Waals surface area contributed by atoms with Crippen LogP contribution in [0.2, 0.25) is 0 Å². The van der Waals surface area contributed by atoms with Crippen LogP contribution in [0.4, 0.5) is 0 Å². The van der Waals surface area contributed by atoms with Crippen molar-refractivity contribution in [2.24, 2.45) is 0 Å². The lowest BCUT2D eigenvalue weighted by Crippen LogP contribution is -2.00. The first-order chi connectivity index (χ1) is 8.19. The summed E-state index contributed by atoms with van der Waals surface area (Å²) in [5.41, 5.74) is 1.67. The molecule has 2 aromatic rings. The van der Waals surface area contributed by atoms with E-state index in [2.05, 4.69) is 11.6 Å². The number of carboxylic acids is 1. The Hall–Kier alpha value is -2.23. The van der Waals surface area contributed by atoms with Gasteiger partial charge < -0.3 is 14.8 Å². The predicted octanol–water partition coefficient (Wildman–Crippen LogP) is 2.60. The number of hydrogen-bond donors (Lipinski definition) is 2. The fraction of sp³-hybridized carbons (Fsp3) is 0.154. The molecular weight excluding hydrogens is 218 g/mol. The molecule has 88 valence electrons. The lowest BCUT2D eigenvalue weighted by molar-refractivity contribution is 0.0690. The number of rotatable bonds is 4. The summed E-state index contributed by atoms with van der Waals surface area (Å²) in [6.07, 6.45) is 2.17. The number of aromatic carboxylic acids is 1. The second kappa shape index (κ2) is 4.33. The molecule has 0 amide bonds. The van der Waals surface area contributed by atoms with Gasteiger partial charge in [-0.15, -0.1) is 6.58 Å². The summed E-state index contributed by atoms with van der Waals surface area (Å²) in [6, 6.07) is 5.46. The molecule has 2 N–H and O–H groups in total. The molecule has 0 aliphatic carbocycles. The van der Waals surface area contributed by atoms with Crippen molar-refractivity contribution in [1.29, 1.82) is 0 Å². The number of aromatic nitrogens is 1. The maximum atomic E-state index is 11.2. The molecule has 0 fully saturated rings. The normalized spacial score (nSPS) is 10.4. The summed E-state index contributed by atoms with van der Waals surface area (Å²) in [6.45, 7) is 3.65. The van der Waals surface area contributed by atoms with E-state index in [1.165, 1.54) is 0 Å². The number of nitrogens with one attached hydrogen (secondary N) is 1. The average Bonchev–Trinajstić information content (AvgIpc) is 2.69. The van der Waals surface area contributed by atoms with Crippen molar-refractivity contribution in [3.8, 4) is 5.75 Å². The number of aromatic amines is 1. The minimum atomic E-state index is -0.972. The van der Waals surface area contributed by atoms with Gasteiger partial charge in [0.1, 0.15) is 11.4 Å². The van der Waals surface area contributed by atoms with Gasteiger partial charge in [-0.2, -0.15) is 0 Å². The van der Waals surface area contributed by atoms with Gasteiger partial charge in [-0.25, -0.2) is 4.79 Å². The standard InChI is InChI=1S/C13H13NO3/c1-3-5-8-11-9(14-12(8)13(15)16)6-4-7-10(11)17-2/h3-4,6-7,14H,1,5H2,2H3,(H,15,16). The fourth-order valence-corrected chi connectivity index (χ4v) is 1.98. The Kier molecular flexibility index (Phi) is 2.87. The Morgan fingerprint density at radius 3 is 2.94 bits per heavy atom. The summed E-state index contributed by atoms with van der Waals surface area (Å²) in [7, 11) is 1.57. The number of fused-ring (bicyclic) bond motifs is 1. The Bertz CT molecular complexity index is 584. The highest BCUT2D eigenvalue weighted by atomic mass is 16.5. The first-order valence-corrected chi connectivity index (χ1v) is 5.20. The van der Waals surface area contributed by atoms with Crippen LogP contribution in [0, 0.1) is 0 Å². The lowest BCUT2D eigenvalue weighted by atomic mass is 10.1. The molecule has 0 saturated heterocycles. The molecule has 17 heavy (non-hydrogen) atoms. The maximum Gasteiger partial charge on any atom is 0.352 e. The third kappa shape index (κ3) is 1.78. The Morgan fingerprint density at radius 2 is 2.35 bits per heavy atom. The topological polar surface area (TPSA) is 62.3 Å². The third-order valence-corrected chi connectivity index (χ3v) is 2.67. The predicted molar refractivity (Wildman–Crippen MR) is 65.7 cm³/mol. The van der Waals surface area contributed by atoms with Crippen LogP contribution in [0.25, 0.3) is 10.9 Å². The van der Waals surface area contributed by atoms with Crippen LogP contribution in [0.1, 0.15) is 16.1 Å². The summed E-state index contributed by atoms with van der Waals surface area (Å²) in [5.74, 6) is -0.303. The first-order valence-electron chi connectivity index (χ1n) is 5.20. The second-order valence-corrected chi connectivity index (χ2v) is 3.66. The monoisotopic (exact) mass is 231 g/mol. The smallest absolute Gasteiger partial charge is 0.352 e. The third-order valence-electron chi connectivity index (χ3n) is 2.67. The minimum absolute atomic E-state index is 0.199. The highest BCUT2D eigenvalue weighted by Crippen LogP contribution is 2.31. The van der Waals surface area contributed by atoms with E-state index in [1.807, 2.05) is 18.2 Å². The van der Waals surface area contributed by atoms with Gasteiger partial charge in [0.25, 0.3) is 0 Å². The Labute approximate surface area is 98.5 Å². The van der Waals surface area contributed by atoms with Crippen molar-refractivity contribution in [2.45, 2.75) is 6.42 Å². The fourth-order valence-electron chi connectivity index (χ4n) is 1.98. The minimum Gasteiger partial charge on any atom is -0.496 e. The van der Waals surface area contributed by atoms with Crippen molar-refractivity contribution >= 4 is 16.9 Å². The van der Waals surface area contributed by atoms with Gasteiger partial charge in [0.15, 0.2) is 0 Å². The molecule has 1 aromatic heterocycles. The zero-order valence-electron chi connectivity index (χ0n) is 9.49.